The van der Waals surface area contributed by atoms with Crippen molar-refractivity contribution in [1.82, 2.24) is 14.5 Å². The highest BCUT2D eigenvalue weighted by molar-refractivity contribution is 7.99. The lowest BCUT2D eigenvalue weighted by Gasteiger charge is -2.21. The minimum absolute atomic E-state index is 0.0161. The molecule has 0 aliphatic carbocycles. The van der Waals surface area contributed by atoms with Crippen molar-refractivity contribution in [3.05, 3.63) is 21.8 Å². The normalized spacial score (nSPS) is 11.2. The molecule has 2 aromatic rings. The quantitative estimate of drug-likeness (QED) is 0.461. The van der Waals surface area contributed by atoms with Crippen LogP contribution in [0.15, 0.2) is 21.4 Å². The average Bonchev–Trinajstić information content (AvgIpc) is 3.07. The molecule has 0 spiro atoms. The zero-order valence-electron chi connectivity index (χ0n) is 15.3. The number of unbranched alkanes of at least 4 members (excludes halogenated alkanes) is 1. The van der Waals surface area contributed by atoms with Crippen LogP contribution in [0.25, 0.3) is 10.2 Å². The molecule has 138 valence electrons. The van der Waals surface area contributed by atoms with Gasteiger partial charge in [0.25, 0.3) is 5.56 Å². The number of carbonyl (C=O) groups is 1. The summed E-state index contributed by atoms with van der Waals surface area (Å²) in [6, 6.07) is 1.87. The van der Waals surface area contributed by atoms with Gasteiger partial charge in [0.1, 0.15) is 4.70 Å². The third-order valence-electron chi connectivity index (χ3n) is 3.93. The SMILES string of the molecule is CCCCn1c(SCC(=O)N(CCC)CCC)nc2ccsc2c1=O. The summed E-state index contributed by atoms with van der Waals surface area (Å²) in [5.41, 5.74) is 0.749. The van der Waals surface area contributed by atoms with Gasteiger partial charge in [0, 0.05) is 19.6 Å². The van der Waals surface area contributed by atoms with E-state index in [1.807, 2.05) is 16.3 Å². The van der Waals surface area contributed by atoms with Gasteiger partial charge in [-0.2, -0.15) is 0 Å². The fourth-order valence-corrected chi connectivity index (χ4v) is 4.37. The third kappa shape index (κ3) is 5.07. The number of thioether (sulfide) groups is 1. The topological polar surface area (TPSA) is 55.2 Å². The molecule has 2 heterocycles. The second kappa shape index (κ2) is 9.97. The van der Waals surface area contributed by atoms with Gasteiger partial charge in [-0.05, 0) is 30.7 Å². The van der Waals surface area contributed by atoms with E-state index in [9.17, 15) is 9.59 Å². The van der Waals surface area contributed by atoms with Crippen LogP contribution in [0.2, 0.25) is 0 Å². The second-order valence-corrected chi connectivity index (χ2v) is 7.87. The Labute approximate surface area is 157 Å². The summed E-state index contributed by atoms with van der Waals surface area (Å²) in [5, 5.41) is 2.55. The zero-order chi connectivity index (χ0) is 18.2. The molecule has 0 saturated carbocycles. The first-order valence-electron chi connectivity index (χ1n) is 9.00. The maximum Gasteiger partial charge on any atom is 0.272 e. The molecule has 1 amide bonds. The van der Waals surface area contributed by atoms with E-state index >= 15 is 0 Å². The van der Waals surface area contributed by atoms with Crippen LogP contribution in [-0.2, 0) is 11.3 Å². The summed E-state index contributed by atoms with van der Waals surface area (Å²) >= 11 is 2.82. The number of nitrogens with zero attached hydrogens (tertiary/aromatic N) is 3. The average molecular weight is 382 g/mol. The van der Waals surface area contributed by atoms with E-state index in [1.165, 1.54) is 23.1 Å². The van der Waals surface area contributed by atoms with E-state index in [1.54, 1.807) is 4.57 Å². The molecule has 7 heteroatoms. The summed E-state index contributed by atoms with van der Waals surface area (Å²) < 4.78 is 2.44. The van der Waals surface area contributed by atoms with E-state index in [0.717, 1.165) is 44.3 Å². The van der Waals surface area contributed by atoms with Crippen LogP contribution in [-0.4, -0.2) is 39.2 Å². The van der Waals surface area contributed by atoms with Gasteiger partial charge in [-0.25, -0.2) is 4.98 Å². The van der Waals surface area contributed by atoms with Crippen molar-refractivity contribution in [2.45, 2.75) is 58.2 Å². The molecule has 0 bridgehead atoms. The Morgan fingerprint density at radius 3 is 2.60 bits per heavy atom. The van der Waals surface area contributed by atoms with Crippen molar-refractivity contribution in [3.8, 4) is 0 Å². The van der Waals surface area contributed by atoms with Crippen molar-refractivity contribution < 1.29 is 4.79 Å². The fraction of sp³-hybridized carbons (Fsp3) is 0.611. The minimum Gasteiger partial charge on any atom is -0.342 e. The van der Waals surface area contributed by atoms with Crippen LogP contribution in [0.3, 0.4) is 0 Å². The van der Waals surface area contributed by atoms with Gasteiger partial charge in [0.2, 0.25) is 5.91 Å². The summed E-state index contributed by atoms with van der Waals surface area (Å²) in [7, 11) is 0. The molecule has 0 aliphatic rings. The van der Waals surface area contributed by atoms with E-state index in [0.29, 0.717) is 22.2 Å². The molecule has 0 aliphatic heterocycles. The molecule has 2 rings (SSSR count). The summed E-state index contributed by atoms with van der Waals surface area (Å²) in [6.45, 7) is 8.49. The number of hydrogen-bond acceptors (Lipinski definition) is 5. The summed E-state index contributed by atoms with van der Waals surface area (Å²) in [6.07, 6.45) is 3.85. The highest BCUT2D eigenvalue weighted by Crippen LogP contribution is 2.21. The maximum absolute atomic E-state index is 12.7. The van der Waals surface area contributed by atoms with Crippen molar-refractivity contribution in [1.29, 1.82) is 0 Å². The first-order chi connectivity index (χ1) is 12.1. The third-order valence-corrected chi connectivity index (χ3v) is 5.78. The van der Waals surface area contributed by atoms with Gasteiger partial charge >= 0.3 is 0 Å². The number of rotatable bonds is 10. The zero-order valence-corrected chi connectivity index (χ0v) is 16.9. The molecule has 25 heavy (non-hydrogen) atoms. The predicted octanol–water partition coefficient (Wildman–Crippen LogP) is 4.00. The maximum atomic E-state index is 12.7. The molecule has 0 fully saturated rings. The highest BCUT2D eigenvalue weighted by atomic mass is 32.2. The van der Waals surface area contributed by atoms with Gasteiger partial charge in [0.15, 0.2) is 5.16 Å². The van der Waals surface area contributed by atoms with Gasteiger partial charge in [-0.15, -0.1) is 11.3 Å². The van der Waals surface area contributed by atoms with Crippen LogP contribution in [0.5, 0.6) is 0 Å². The largest absolute Gasteiger partial charge is 0.342 e. The molecule has 5 nitrogen and oxygen atoms in total. The first kappa shape index (κ1) is 20.0. The minimum atomic E-state index is 0.0161. The van der Waals surface area contributed by atoms with Crippen LogP contribution in [0.1, 0.15) is 46.5 Å². The van der Waals surface area contributed by atoms with Crippen LogP contribution in [0.4, 0.5) is 0 Å². The molecule has 2 aromatic heterocycles. The molecule has 0 N–H and O–H groups in total. The second-order valence-electron chi connectivity index (χ2n) is 6.01. The number of amides is 1. The standard InChI is InChI=1S/C18H27N3O2S2/c1-4-7-11-21-17(23)16-14(8-12-24-16)19-18(21)25-13-15(22)20(9-5-2)10-6-3/h8,12H,4-7,9-11,13H2,1-3H3. The Balaban J connectivity index is 2.21. The van der Waals surface area contributed by atoms with E-state index in [-0.39, 0.29) is 11.5 Å². The predicted molar refractivity (Wildman–Crippen MR) is 107 cm³/mol. The lowest BCUT2D eigenvalue weighted by Crippen LogP contribution is -2.34. The van der Waals surface area contributed by atoms with Crippen molar-refractivity contribution in [2.24, 2.45) is 0 Å². The summed E-state index contributed by atoms with van der Waals surface area (Å²) in [5.74, 6) is 0.448. The summed E-state index contributed by atoms with van der Waals surface area (Å²) in [4.78, 5) is 31.8. The Bertz CT molecular complexity index is 748. The molecular formula is C18H27N3O2S2. The Hall–Kier alpha value is -1.34. The van der Waals surface area contributed by atoms with Gasteiger partial charge in [-0.3, -0.25) is 14.2 Å². The Morgan fingerprint density at radius 1 is 1.24 bits per heavy atom. The van der Waals surface area contributed by atoms with Gasteiger partial charge in [0.05, 0.1) is 11.3 Å². The van der Waals surface area contributed by atoms with E-state index < -0.39 is 0 Å². The van der Waals surface area contributed by atoms with Crippen molar-refractivity contribution >= 4 is 39.2 Å². The number of carbonyl (C=O) groups excluding carboxylic acids is 1. The highest BCUT2D eigenvalue weighted by Gasteiger charge is 2.16. The molecule has 0 saturated heterocycles. The van der Waals surface area contributed by atoms with Crippen LogP contribution < -0.4 is 5.56 Å². The lowest BCUT2D eigenvalue weighted by molar-refractivity contribution is -0.128. The molecular weight excluding hydrogens is 354 g/mol. The molecule has 0 atom stereocenters. The number of thiophene rings is 1. The molecule has 0 radical (unpaired) electrons. The van der Waals surface area contributed by atoms with E-state index in [2.05, 4.69) is 25.8 Å². The number of aromatic nitrogens is 2. The van der Waals surface area contributed by atoms with Gasteiger partial charge in [-0.1, -0.05) is 39.0 Å². The molecule has 0 unspecified atom stereocenters. The first-order valence-corrected chi connectivity index (χ1v) is 10.9. The smallest absolute Gasteiger partial charge is 0.272 e. The van der Waals surface area contributed by atoms with Crippen molar-refractivity contribution in [2.75, 3.05) is 18.8 Å². The van der Waals surface area contributed by atoms with E-state index in [4.69, 9.17) is 0 Å². The Kier molecular flexibility index (Phi) is 7.96. The number of fused-ring (bicyclic) bond motifs is 1. The lowest BCUT2D eigenvalue weighted by atomic mass is 10.3. The van der Waals surface area contributed by atoms with Crippen molar-refractivity contribution in [3.63, 3.8) is 0 Å². The number of hydrogen-bond donors (Lipinski definition) is 0. The Morgan fingerprint density at radius 2 is 1.96 bits per heavy atom. The van der Waals surface area contributed by atoms with Crippen LogP contribution >= 0.6 is 23.1 Å². The van der Waals surface area contributed by atoms with Gasteiger partial charge < -0.3 is 4.90 Å². The van der Waals surface area contributed by atoms with Crippen LogP contribution in [0, 0.1) is 0 Å². The monoisotopic (exact) mass is 381 g/mol. The molecule has 0 aromatic carbocycles. The fourth-order valence-electron chi connectivity index (χ4n) is 2.67.